The maximum atomic E-state index is 12.0. The minimum atomic E-state index is -0.233. The van der Waals surface area contributed by atoms with Gasteiger partial charge in [0.15, 0.2) is 5.17 Å². The van der Waals surface area contributed by atoms with Crippen LogP contribution >= 0.6 is 23.4 Å². The Bertz CT molecular complexity index is 829. The smallest absolute Gasteiger partial charge is 0.264 e. The van der Waals surface area contributed by atoms with Crippen LogP contribution in [0.4, 0.5) is 5.69 Å². The summed E-state index contributed by atoms with van der Waals surface area (Å²) in [5.41, 5.74) is 2.32. The van der Waals surface area contributed by atoms with Gasteiger partial charge >= 0.3 is 0 Å². The average molecular weight is 345 g/mol. The first kappa shape index (κ1) is 15.6. The third kappa shape index (κ3) is 3.75. The highest BCUT2D eigenvalue weighted by Gasteiger charge is 2.24. The molecule has 1 heterocycles. The third-order valence-corrected chi connectivity index (χ3v) is 4.34. The molecular formula is C17H13ClN2O2S. The van der Waals surface area contributed by atoms with Gasteiger partial charge in [0.25, 0.3) is 5.91 Å². The molecule has 23 heavy (non-hydrogen) atoms. The zero-order chi connectivity index (χ0) is 16.4. The van der Waals surface area contributed by atoms with Gasteiger partial charge in [-0.25, -0.2) is 4.99 Å². The van der Waals surface area contributed by atoms with Crippen LogP contribution in [0.25, 0.3) is 6.08 Å². The summed E-state index contributed by atoms with van der Waals surface area (Å²) in [7, 11) is 0. The fraction of sp³-hybridized carbons (Fsp3) is 0.0588. The molecule has 1 amide bonds. The molecule has 1 saturated heterocycles. The van der Waals surface area contributed by atoms with Crippen molar-refractivity contribution in [1.29, 1.82) is 0 Å². The van der Waals surface area contributed by atoms with Crippen LogP contribution in [0, 0.1) is 6.92 Å². The van der Waals surface area contributed by atoms with Crippen molar-refractivity contribution in [3.05, 3.63) is 63.5 Å². The maximum absolute atomic E-state index is 12.0. The summed E-state index contributed by atoms with van der Waals surface area (Å²) >= 11 is 7.07. The Morgan fingerprint density at radius 1 is 1.22 bits per heavy atom. The van der Waals surface area contributed by atoms with Crippen LogP contribution < -0.4 is 5.32 Å². The van der Waals surface area contributed by atoms with E-state index in [1.807, 2.05) is 19.1 Å². The highest BCUT2D eigenvalue weighted by molar-refractivity contribution is 8.18. The van der Waals surface area contributed by atoms with Gasteiger partial charge in [-0.2, -0.15) is 0 Å². The van der Waals surface area contributed by atoms with Gasteiger partial charge in [0.2, 0.25) is 0 Å². The second kappa shape index (κ2) is 6.48. The summed E-state index contributed by atoms with van der Waals surface area (Å²) in [6.07, 6.45) is 1.66. The number of carbonyl (C=O) groups is 1. The van der Waals surface area contributed by atoms with Crippen LogP contribution in [-0.2, 0) is 4.79 Å². The van der Waals surface area contributed by atoms with Gasteiger partial charge in [0.1, 0.15) is 5.75 Å². The fourth-order valence-electron chi connectivity index (χ4n) is 2.04. The van der Waals surface area contributed by atoms with E-state index < -0.39 is 0 Å². The number of aryl methyl sites for hydroxylation is 1. The lowest BCUT2D eigenvalue weighted by Crippen LogP contribution is -2.19. The second-order valence-electron chi connectivity index (χ2n) is 5.02. The van der Waals surface area contributed by atoms with E-state index in [0.29, 0.717) is 26.3 Å². The molecule has 116 valence electrons. The molecule has 4 nitrogen and oxygen atoms in total. The lowest BCUT2D eigenvalue weighted by molar-refractivity contribution is -0.115. The molecule has 1 aliphatic rings. The monoisotopic (exact) mass is 344 g/mol. The quantitative estimate of drug-likeness (QED) is 0.801. The van der Waals surface area contributed by atoms with Crippen molar-refractivity contribution in [2.45, 2.75) is 6.92 Å². The zero-order valence-corrected chi connectivity index (χ0v) is 13.8. The first-order valence-electron chi connectivity index (χ1n) is 6.86. The number of aliphatic imine (C=N–C) groups is 1. The SMILES string of the molecule is Cc1ccc(O)c(/C=C2\SC(=Nc3ccc(Cl)cc3)NC2=O)c1. The molecule has 2 aromatic carbocycles. The topological polar surface area (TPSA) is 61.7 Å². The van der Waals surface area contributed by atoms with E-state index in [0.717, 1.165) is 5.56 Å². The normalized spacial score (nSPS) is 17.7. The molecule has 0 aliphatic carbocycles. The van der Waals surface area contributed by atoms with Crippen LogP contribution in [-0.4, -0.2) is 16.2 Å². The second-order valence-corrected chi connectivity index (χ2v) is 6.49. The maximum Gasteiger partial charge on any atom is 0.264 e. The average Bonchev–Trinajstić information content (AvgIpc) is 2.85. The van der Waals surface area contributed by atoms with Crippen molar-refractivity contribution in [3.63, 3.8) is 0 Å². The summed E-state index contributed by atoms with van der Waals surface area (Å²) in [6.45, 7) is 1.93. The summed E-state index contributed by atoms with van der Waals surface area (Å²) in [4.78, 5) is 16.9. The van der Waals surface area contributed by atoms with E-state index in [1.165, 1.54) is 11.8 Å². The molecule has 0 bridgehead atoms. The number of phenols is 1. The van der Waals surface area contributed by atoms with Crippen molar-refractivity contribution in [1.82, 2.24) is 5.32 Å². The number of rotatable bonds is 2. The van der Waals surface area contributed by atoms with Crippen LogP contribution in [0.3, 0.4) is 0 Å². The van der Waals surface area contributed by atoms with E-state index in [-0.39, 0.29) is 11.7 Å². The predicted molar refractivity (Wildman–Crippen MR) is 95.1 cm³/mol. The summed E-state index contributed by atoms with van der Waals surface area (Å²) in [6, 6.07) is 12.3. The molecule has 0 aromatic heterocycles. The number of carbonyl (C=O) groups excluding carboxylic acids is 1. The number of amides is 1. The first-order chi connectivity index (χ1) is 11.0. The number of amidine groups is 1. The van der Waals surface area contributed by atoms with Crippen molar-refractivity contribution >= 4 is 46.2 Å². The van der Waals surface area contributed by atoms with Gasteiger partial charge in [0, 0.05) is 10.6 Å². The molecule has 3 rings (SSSR count). The number of phenolic OH excluding ortho intramolecular Hbond substituents is 1. The van der Waals surface area contributed by atoms with E-state index in [9.17, 15) is 9.90 Å². The minimum Gasteiger partial charge on any atom is -0.507 e. The van der Waals surface area contributed by atoms with E-state index in [4.69, 9.17) is 11.6 Å². The third-order valence-electron chi connectivity index (χ3n) is 3.18. The van der Waals surface area contributed by atoms with Gasteiger partial charge < -0.3 is 10.4 Å². The summed E-state index contributed by atoms with van der Waals surface area (Å²) in [5.74, 6) is -0.0943. The van der Waals surface area contributed by atoms with E-state index in [2.05, 4.69) is 10.3 Å². The molecular weight excluding hydrogens is 332 g/mol. The number of nitrogens with zero attached hydrogens (tertiary/aromatic N) is 1. The van der Waals surface area contributed by atoms with Crippen molar-refractivity contribution < 1.29 is 9.90 Å². The van der Waals surface area contributed by atoms with Crippen LogP contribution in [0.2, 0.25) is 5.02 Å². The number of nitrogens with one attached hydrogen (secondary N) is 1. The summed E-state index contributed by atoms with van der Waals surface area (Å²) < 4.78 is 0. The zero-order valence-electron chi connectivity index (χ0n) is 12.2. The number of aromatic hydroxyl groups is 1. The summed E-state index contributed by atoms with van der Waals surface area (Å²) in [5, 5.41) is 13.7. The molecule has 1 fully saturated rings. The molecule has 0 saturated carbocycles. The molecule has 2 N–H and O–H groups in total. The van der Waals surface area contributed by atoms with Crippen LogP contribution in [0.1, 0.15) is 11.1 Å². The van der Waals surface area contributed by atoms with Crippen molar-refractivity contribution in [2.24, 2.45) is 4.99 Å². The van der Waals surface area contributed by atoms with E-state index in [1.54, 1.807) is 36.4 Å². The molecule has 0 spiro atoms. The van der Waals surface area contributed by atoms with Gasteiger partial charge in [0.05, 0.1) is 10.6 Å². The Morgan fingerprint density at radius 3 is 2.70 bits per heavy atom. The van der Waals surface area contributed by atoms with Crippen molar-refractivity contribution in [3.8, 4) is 5.75 Å². The van der Waals surface area contributed by atoms with Crippen molar-refractivity contribution in [2.75, 3.05) is 0 Å². The predicted octanol–water partition coefficient (Wildman–Crippen LogP) is 4.25. The Morgan fingerprint density at radius 2 is 1.96 bits per heavy atom. The number of thioether (sulfide) groups is 1. The molecule has 2 aromatic rings. The Hall–Kier alpha value is -2.24. The van der Waals surface area contributed by atoms with Gasteiger partial charge in [-0.1, -0.05) is 23.2 Å². The standard InChI is InChI=1S/C17H13ClN2O2S/c1-10-2-7-14(21)11(8-10)9-15-16(22)20-17(23-15)19-13-5-3-12(18)4-6-13/h2-9,21H,1H3,(H,19,20,22)/b15-9-. The Labute approximate surface area is 142 Å². The van der Waals surface area contributed by atoms with E-state index >= 15 is 0 Å². The highest BCUT2D eigenvalue weighted by atomic mass is 35.5. The highest BCUT2D eigenvalue weighted by Crippen LogP contribution is 2.30. The molecule has 0 unspecified atom stereocenters. The largest absolute Gasteiger partial charge is 0.507 e. The van der Waals surface area contributed by atoms with Gasteiger partial charge in [-0.3, -0.25) is 4.79 Å². The molecule has 1 aliphatic heterocycles. The lowest BCUT2D eigenvalue weighted by atomic mass is 10.1. The molecule has 0 atom stereocenters. The first-order valence-corrected chi connectivity index (χ1v) is 8.05. The number of hydrogen-bond donors (Lipinski definition) is 2. The van der Waals surface area contributed by atoms with Crippen LogP contribution in [0.15, 0.2) is 52.4 Å². The minimum absolute atomic E-state index is 0.139. The number of halogens is 1. The number of hydrogen-bond acceptors (Lipinski definition) is 4. The van der Waals surface area contributed by atoms with Crippen LogP contribution in [0.5, 0.6) is 5.75 Å². The lowest BCUT2D eigenvalue weighted by Gasteiger charge is -2.01. The Balaban J connectivity index is 1.86. The van der Waals surface area contributed by atoms with Gasteiger partial charge in [-0.05, 0) is 61.2 Å². The Kier molecular flexibility index (Phi) is 4.41. The number of benzene rings is 2. The molecule has 0 radical (unpaired) electrons. The molecule has 6 heteroatoms. The van der Waals surface area contributed by atoms with Gasteiger partial charge in [-0.15, -0.1) is 0 Å². The fourth-order valence-corrected chi connectivity index (χ4v) is 3.00.